The Morgan fingerprint density at radius 3 is 2.86 bits per heavy atom. The van der Waals surface area contributed by atoms with E-state index in [2.05, 4.69) is 19.9 Å². The molecule has 0 spiro atoms. The Kier molecular flexibility index (Phi) is 3.78. The van der Waals surface area contributed by atoms with Gasteiger partial charge in [0, 0.05) is 50.5 Å². The molecule has 0 bridgehead atoms. The number of rotatable bonds is 4. The first kappa shape index (κ1) is 13.5. The summed E-state index contributed by atoms with van der Waals surface area (Å²) in [6, 6.07) is 1.15. The predicted octanol–water partition coefficient (Wildman–Crippen LogP) is -0.0249. The van der Waals surface area contributed by atoms with Crippen LogP contribution in [-0.2, 0) is 11.3 Å². The highest BCUT2D eigenvalue weighted by Gasteiger charge is 2.33. The van der Waals surface area contributed by atoms with Gasteiger partial charge in [-0.15, -0.1) is 0 Å². The zero-order valence-electron chi connectivity index (χ0n) is 11.4. The van der Waals surface area contributed by atoms with Crippen LogP contribution in [0.2, 0.25) is 0 Å². The van der Waals surface area contributed by atoms with Gasteiger partial charge in [0.15, 0.2) is 0 Å². The van der Waals surface area contributed by atoms with E-state index < -0.39 is 12.0 Å². The van der Waals surface area contributed by atoms with Gasteiger partial charge in [-0.1, -0.05) is 0 Å². The van der Waals surface area contributed by atoms with Gasteiger partial charge in [0.1, 0.15) is 6.04 Å². The molecule has 3 heterocycles. The molecule has 0 amide bonds. The van der Waals surface area contributed by atoms with Crippen LogP contribution in [0, 0.1) is 0 Å². The van der Waals surface area contributed by atoms with Crippen LogP contribution < -0.4 is 4.90 Å². The first-order valence-corrected chi connectivity index (χ1v) is 6.70. The Labute approximate surface area is 121 Å². The number of nitrogens with zero attached hydrogens (tertiary/aromatic N) is 5. The second-order valence-corrected chi connectivity index (χ2v) is 4.90. The molecule has 110 valence electrons. The Balaban J connectivity index is 1.73. The average Bonchev–Trinajstić information content (AvgIpc) is 3.01. The van der Waals surface area contributed by atoms with Gasteiger partial charge in [-0.2, -0.15) is 0 Å². The number of imidazole rings is 1. The van der Waals surface area contributed by atoms with E-state index in [1.807, 2.05) is 9.80 Å². The highest BCUT2D eigenvalue weighted by atomic mass is 16.4. The summed E-state index contributed by atoms with van der Waals surface area (Å²) in [5, 5.41) is 9.47. The number of nitrogens with one attached hydrogen (secondary N) is 1. The zero-order valence-corrected chi connectivity index (χ0v) is 11.4. The molecule has 0 aliphatic carbocycles. The van der Waals surface area contributed by atoms with Crippen molar-refractivity contribution >= 4 is 11.9 Å². The predicted molar refractivity (Wildman–Crippen MR) is 74.7 cm³/mol. The quantitative estimate of drug-likeness (QED) is 0.815. The van der Waals surface area contributed by atoms with Crippen LogP contribution in [0.25, 0.3) is 0 Å². The molecule has 1 fully saturated rings. The molecular formula is C13H16N6O2. The second kappa shape index (κ2) is 5.88. The molecule has 1 aliphatic rings. The number of carboxylic acid groups (broad SMARTS) is 1. The van der Waals surface area contributed by atoms with Gasteiger partial charge in [0.25, 0.3) is 0 Å². The van der Waals surface area contributed by atoms with E-state index >= 15 is 0 Å². The number of aromatic nitrogens is 4. The van der Waals surface area contributed by atoms with E-state index in [4.69, 9.17) is 0 Å². The van der Waals surface area contributed by atoms with Crippen molar-refractivity contribution in [3.05, 3.63) is 36.7 Å². The Hall–Kier alpha value is -2.48. The number of hydrogen-bond donors (Lipinski definition) is 2. The van der Waals surface area contributed by atoms with Crippen molar-refractivity contribution in [1.82, 2.24) is 24.8 Å². The molecule has 2 aromatic heterocycles. The monoisotopic (exact) mass is 288 g/mol. The van der Waals surface area contributed by atoms with E-state index in [0.29, 0.717) is 32.1 Å². The lowest BCUT2D eigenvalue weighted by molar-refractivity contribution is -0.143. The topological polar surface area (TPSA) is 98.2 Å². The maximum Gasteiger partial charge on any atom is 0.322 e. The number of aromatic amines is 1. The molecule has 1 aliphatic heterocycles. The highest BCUT2D eigenvalue weighted by molar-refractivity contribution is 5.74. The van der Waals surface area contributed by atoms with Crippen molar-refractivity contribution in [2.45, 2.75) is 12.6 Å². The Morgan fingerprint density at radius 1 is 1.38 bits per heavy atom. The fourth-order valence-corrected chi connectivity index (χ4v) is 2.47. The first-order chi connectivity index (χ1) is 10.2. The summed E-state index contributed by atoms with van der Waals surface area (Å²) in [5.41, 5.74) is 0.908. The zero-order chi connectivity index (χ0) is 14.7. The molecule has 1 atom stereocenters. The van der Waals surface area contributed by atoms with Crippen LogP contribution in [0.3, 0.4) is 0 Å². The minimum Gasteiger partial charge on any atom is -0.480 e. The standard InChI is InChI=1S/C13H16N6O2/c20-12(21)11-8-19(13-15-2-1-3-16-13)5-4-18(11)7-10-6-14-9-17-10/h1-3,6,9,11H,4-5,7-8H2,(H,14,17)(H,20,21)/t11-/m1/s1. The fourth-order valence-electron chi connectivity index (χ4n) is 2.47. The molecule has 2 aromatic rings. The maximum absolute atomic E-state index is 11.5. The third kappa shape index (κ3) is 3.00. The van der Waals surface area contributed by atoms with E-state index in [1.54, 1.807) is 31.0 Å². The van der Waals surface area contributed by atoms with Gasteiger partial charge < -0.3 is 15.0 Å². The number of aliphatic carboxylic acids is 1. The Morgan fingerprint density at radius 2 is 2.19 bits per heavy atom. The van der Waals surface area contributed by atoms with Gasteiger partial charge in [0.05, 0.1) is 6.33 Å². The van der Waals surface area contributed by atoms with Crippen molar-refractivity contribution in [2.24, 2.45) is 0 Å². The van der Waals surface area contributed by atoms with Gasteiger partial charge >= 0.3 is 5.97 Å². The minimum atomic E-state index is -0.838. The smallest absolute Gasteiger partial charge is 0.322 e. The summed E-state index contributed by atoms with van der Waals surface area (Å²) in [6.07, 6.45) is 6.63. The fraction of sp³-hybridized carbons (Fsp3) is 0.385. The lowest BCUT2D eigenvalue weighted by atomic mass is 10.1. The van der Waals surface area contributed by atoms with E-state index in [0.717, 1.165) is 5.69 Å². The minimum absolute atomic E-state index is 0.369. The normalized spacial score (nSPS) is 19.6. The van der Waals surface area contributed by atoms with Crippen LogP contribution in [0.5, 0.6) is 0 Å². The van der Waals surface area contributed by atoms with E-state index in [1.165, 1.54) is 0 Å². The van der Waals surface area contributed by atoms with Crippen molar-refractivity contribution in [1.29, 1.82) is 0 Å². The molecule has 0 radical (unpaired) electrons. The van der Waals surface area contributed by atoms with Crippen molar-refractivity contribution in [3.8, 4) is 0 Å². The van der Waals surface area contributed by atoms with Crippen LogP contribution in [0.15, 0.2) is 31.0 Å². The first-order valence-electron chi connectivity index (χ1n) is 6.70. The van der Waals surface area contributed by atoms with E-state index in [-0.39, 0.29) is 0 Å². The molecule has 8 nitrogen and oxygen atoms in total. The summed E-state index contributed by atoms with van der Waals surface area (Å²) in [7, 11) is 0. The molecule has 0 aromatic carbocycles. The second-order valence-electron chi connectivity index (χ2n) is 4.90. The lowest BCUT2D eigenvalue weighted by Gasteiger charge is -2.38. The van der Waals surface area contributed by atoms with Gasteiger partial charge in [0.2, 0.25) is 5.95 Å². The number of piperazine rings is 1. The number of carboxylic acids is 1. The van der Waals surface area contributed by atoms with Gasteiger partial charge in [-0.25, -0.2) is 15.0 Å². The molecular weight excluding hydrogens is 272 g/mol. The van der Waals surface area contributed by atoms with Gasteiger partial charge in [-0.05, 0) is 6.07 Å². The van der Waals surface area contributed by atoms with Crippen molar-refractivity contribution < 1.29 is 9.90 Å². The summed E-state index contributed by atoms with van der Waals surface area (Å²) in [4.78, 5) is 30.7. The lowest BCUT2D eigenvalue weighted by Crippen LogP contribution is -2.56. The highest BCUT2D eigenvalue weighted by Crippen LogP contribution is 2.16. The summed E-state index contributed by atoms with van der Waals surface area (Å²) < 4.78 is 0. The molecule has 0 saturated carbocycles. The number of anilines is 1. The SMILES string of the molecule is O=C(O)[C@H]1CN(c2ncccn2)CCN1Cc1cnc[nH]1. The third-order valence-electron chi connectivity index (χ3n) is 3.54. The molecule has 2 N–H and O–H groups in total. The van der Waals surface area contributed by atoms with Crippen LogP contribution in [-0.4, -0.2) is 61.6 Å². The summed E-state index contributed by atoms with van der Waals surface area (Å²) >= 11 is 0. The molecule has 8 heteroatoms. The largest absolute Gasteiger partial charge is 0.480 e. The third-order valence-corrected chi connectivity index (χ3v) is 3.54. The van der Waals surface area contributed by atoms with Crippen molar-refractivity contribution in [2.75, 3.05) is 24.5 Å². The molecule has 3 rings (SSSR count). The molecule has 0 unspecified atom stereocenters. The number of carbonyl (C=O) groups is 1. The van der Waals surface area contributed by atoms with Crippen LogP contribution in [0.4, 0.5) is 5.95 Å². The summed E-state index contributed by atoms with van der Waals surface area (Å²) in [5.74, 6) is -0.264. The molecule has 1 saturated heterocycles. The van der Waals surface area contributed by atoms with Gasteiger partial charge in [-0.3, -0.25) is 9.69 Å². The number of hydrogen-bond acceptors (Lipinski definition) is 6. The van der Waals surface area contributed by atoms with Crippen LogP contribution >= 0.6 is 0 Å². The number of H-pyrrole nitrogens is 1. The van der Waals surface area contributed by atoms with Crippen LogP contribution in [0.1, 0.15) is 5.69 Å². The summed E-state index contributed by atoms with van der Waals surface area (Å²) in [6.45, 7) is 2.24. The average molecular weight is 288 g/mol. The van der Waals surface area contributed by atoms with Crippen molar-refractivity contribution in [3.63, 3.8) is 0 Å². The maximum atomic E-state index is 11.5. The molecule has 21 heavy (non-hydrogen) atoms. The Bertz CT molecular complexity index is 588. The van der Waals surface area contributed by atoms with E-state index in [9.17, 15) is 9.90 Å².